The number of aromatic hydroxyl groups is 1. The van der Waals surface area contributed by atoms with Crippen LogP contribution in [-0.4, -0.2) is 32.2 Å². The van der Waals surface area contributed by atoms with Gasteiger partial charge in [-0.3, -0.25) is 4.48 Å². The topological polar surface area (TPSA) is 60.4 Å². The second-order valence-corrected chi connectivity index (χ2v) is 4.02. The Morgan fingerprint density at radius 3 is 2.00 bits per heavy atom. The van der Waals surface area contributed by atoms with E-state index in [0.29, 0.717) is 5.75 Å². The van der Waals surface area contributed by atoms with Crippen molar-refractivity contribution in [2.24, 2.45) is 0 Å². The number of hydrogen-bond donors (Lipinski definition) is 1. The van der Waals surface area contributed by atoms with Crippen LogP contribution in [0, 0.1) is 0 Å². The third kappa shape index (κ3) is 8.49. The minimum absolute atomic E-state index is 0. The summed E-state index contributed by atoms with van der Waals surface area (Å²) in [6, 6.07) is 7.31. The van der Waals surface area contributed by atoms with Crippen molar-refractivity contribution in [1.29, 1.82) is 0 Å². The molecule has 0 amide bonds. The van der Waals surface area contributed by atoms with Gasteiger partial charge in [0.05, 0.1) is 21.1 Å². The van der Waals surface area contributed by atoms with Crippen LogP contribution >= 0.6 is 24.0 Å². The van der Waals surface area contributed by atoms with E-state index < -0.39 is 5.97 Å². The molecule has 1 aromatic carbocycles. The molecule has 0 saturated heterocycles. The van der Waals surface area contributed by atoms with Crippen LogP contribution in [0.4, 0.5) is 5.69 Å². The first kappa shape index (κ1) is 17.6. The van der Waals surface area contributed by atoms with Crippen molar-refractivity contribution in [3.63, 3.8) is 0 Å². The molecule has 4 nitrogen and oxygen atoms in total. The fourth-order valence-electron chi connectivity index (χ4n) is 0.910. The zero-order chi connectivity index (χ0) is 12.1. The maximum absolute atomic E-state index is 9.17. The third-order valence-corrected chi connectivity index (χ3v) is 1.60. The molecule has 1 N–H and O–H groups in total. The Hall–Kier alpha value is -0.820. The summed E-state index contributed by atoms with van der Waals surface area (Å²) in [5, 5.41) is 18.1. The van der Waals surface area contributed by atoms with Gasteiger partial charge in [0.1, 0.15) is 11.4 Å². The Bertz CT molecular complexity index is 330. The summed E-state index contributed by atoms with van der Waals surface area (Å²) in [6.45, 7) is 0.972. The van der Waals surface area contributed by atoms with Crippen molar-refractivity contribution >= 4 is 35.6 Å². The van der Waals surface area contributed by atoms with Gasteiger partial charge in [-0.25, -0.2) is 0 Å². The maximum Gasteiger partial charge on any atom is 0.135 e. The zero-order valence-corrected chi connectivity index (χ0v) is 12.3. The van der Waals surface area contributed by atoms with Crippen LogP contribution < -0.4 is 9.59 Å². The average molecular weight is 339 g/mol. The number of phenols is 1. The highest BCUT2D eigenvalue weighted by Gasteiger charge is 2.11. The second-order valence-electron chi connectivity index (χ2n) is 4.02. The molecule has 0 aliphatic rings. The number of rotatable bonds is 1. The van der Waals surface area contributed by atoms with Crippen LogP contribution in [0.15, 0.2) is 24.3 Å². The molecule has 0 saturated carbocycles. The molecule has 0 spiro atoms. The monoisotopic (exact) mass is 339 g/mol. The lowest BCUT2D eigenvalue weighted by Gasteiger charge is -2.23. The van der Waals surface area contributed by atoms with Crippen LogP contribution in [0.25, 0.3) is 0 Å². The number of aliphatic carboxylic acids is 1. The lowest BCUT2D eigenvalue weighted by Crippen LogP contribution is -2.34. The summed E-state index contributed by atoms with van der Waals surface area (Å²) in [4.78, 5) is 8.89. The predicted molar refractivity (Wildman–Crippen MR) is 73.8 cm³/mol. The quantitative estimate of drug-likeness (QED) is 0.613. The Balaban J connectivity index is 0. The molecular formula is C11H18INO3. The molecule has 0 heterocycles. The van der Waals surface area contributed by atoms with Crippen molar-refractivity contribution in [3.05, 3.63) is 24.3 Å². The third-order valence-electron chi connectivity index (χ3n) is 1.60. The molecule has 1 rings (SSSR count). The number of halogens is 1. The smallest absolute Gasteiger partial charge is 0.135 e. The summed E-state index contributed by atoms with van der Waals surface area (Å²) in [5.41, 5.74) is 1.10. The lowest BCUT2D eigenvalue weighted by atomic mass is 10.2. The Labute approximate surface area is 113 Å². The van der Waals surface area contributed by atoms with Gasteiger partial charge in [-0.15, -0.1) is 24.0 Å². The summed E-state index contributed by atoms with van der Waals surface area (Å²) in [6.07, 6.45) is 0. The summed E-state index contributed by atoms with van der Waals surface area (Å²) < 4.78 is 0.731. The SMILES string of the molecule is CC(=O)[O-].C[N+](C)(C)c1cccc(O)c1.I. The van der Waals surface area contributed by atoms with E-state index in [1.165, 1.54) is 0 Å². The van der Waals surface area contributed by atoms with Gasteiger partial charge in [0.15, 0.2) is 0 Å². The molecule has 0 unspecified atom stereocenters. The van der Waals surface area contributed by atoms with Crippen molar-refractivity contribution in [1.82, 2.24) is 4.48 Å². The average Bonchev–Trinajstić information content (AvgIpc) is 2.01. The fourth-order valence-corrected chi connectivity index (χ4v) is 0.910. The number of carboxylic acids is 1. The molecule has 5 heteroatoms. The molecular weight excluding hydrogens is 321 g/mol. The van der Waals surface area contributed by atoms with E-state index in [9.17, 15) is 0 Å². The van der Waals surface area contributed by atoms with Gasteiger partial charge in [0, 0.05) is 12.0 Å². The molecule has 0 atom stereocenters. The molecule has 16 heavy (non-hydrogen) atoms. The van der Waals surface area contributed by atoms with Gasteiger partial charge in [-0.1, -0.05) is 6.07 Å². The van der Waals surface area contributed by atoms with Gasteiger partial charge in [-0.2, -0.15) is 0 Å². The Morgan fingerprint density at radius 2 is 1.75 bits per heavy atom. The highest BCUT2D eigenvalue weighted by molar-refractivity contribution is 14.0. The van der Waals surface area contributed by atoms with Crippen molar-refractivity contribution in [2.45, 2.75) is 6.92 Å². The maximum atomic E-state index is 9.17. The van der Waals surface area contributed by atoms with E-state index >= 15 is 0 Å². The van der Waals surface area contributed by atoms with Gasteiger partial charge in [-0.05, 0) is 19.1 Å². The highest BCUT2D eigenvalue weighted by atomic mass is 127. The van der Waals surface area contributed by atoms with Gasteiger partial charge >= 0.3 is 0 Å². The molecule has 0 fully saturated rings. The van der Waals surface area contributed by atoms with Crippen molar-refractivity contribution < 1.29 is 15.0 Å². The number of hydrogen-bond acceptors (Lipinski definition) is 3. The number of quaternary nitrogens is 1. The zero-order valence-electron chi connectivity index (χ0n) is 9.93. The first-order chi connectivity index (χ1) is 6.73. The van der Waals surface area contributed by atoms with E-state index in [1.807, 2.05) is 12.1 Å². The molecule has 0 bridgehead atoms. The van der Waals surface area contributed by atoms with Crippen molar-refractivity contribution in [3.8, 4) is 5.75 Å². The highest BCUT2D eigenvalue weighted by Crippen LogP contribution is 2.21. The minimum Gasteiger partial charge on any atom is -0.550 e. The summed E-state index contributed by atoms with van der Waals surface area (Å²) in [5.74, 6) is -0.754. The number of phenolic OH excluding ortho intramolecular Hbond substituents is 1. The molecule has 0 aliphatic heterocycles. The van der Waals surface area contributed by atoms with Gasteiger partial charge < -0.3 is 15.0 Å². The first-order valence-corrected chi connectivity index (χ1v) is 4.52. The van der Waals surface area contributed by atoms with E-state index in [4.69, 9.17) is 15.0 Å². The number of nitrogens with zero attached hydrogens (tertiary/aromatic N) is 1. The van der Waals surface area contributed by atoms with Crippen molar-refractivity contribution in [2.75, 3.05) is 21.1 Å². The summed E-state index contributed by atoms with van der Waals surface area (Å²) >= 11 is 0. The van der Waals surface area contributed by atoms with E-state index in [1.54, 1.807) is 12.1 Å². The summed E-state index contributed by atoms with van der Waals surface area (Å²) in [7, 11) is 6.19. The molecule has 0 aromatic heterocycles. The molecule has 0 radical (unpaired) electrons. The number of benzene rings is 1. The molecule has 92 valence electrons. The van der Waals surface area contributed by atoms with Crippen LogP contribution in [0.5, 0.6) is 5.75 Å². The largest absolute Gasteiger partial charge is 0.550 e. The molecule has 1 aromatic rings. The minimum atomic E-state index is -1.08. The predicted octanol–water partition coefficient (Wildman–Crippen LogP) is 0.963. The van der Waals surface area contributed by atoms with Crippen LogP contribution in [-0.2, 0) is 4.79 Å². The Morgan fingerprint density at radius 1 is 1.31 bits per heavy atom. The van der Waals surface area contributed by atoms with Crippen LogP contribution in [0.3, 0.4) is 0 Å². The van der Waals surface area contributed by atoms with E-state index in [0.717, 1.165) is 17.1 Å². The molecule has 0 aliphatic carbocycles. The fraction of sp³-hybridized carbons (Fsp3) is 0.364. The number of carbonyl (C=O) groups is 1. The van der Waals surface area contributed by atoms with E-state index in [2.05, 4.69) is 21.1 Å². The second kappa shape index (κ2) is 7.45. The normalized spacial score (nSPS) is 9.50. The number of carboxylic acid groups (broad SMARTS) is 1. The van der Waals surface area contributed by atoms with Crippen LogP contribution in [0.2, 0.25) is 0 Å². The Kier molecular flexibility index (Phi) is 8.18. The standard InChI is InChI=1S/C9H13NO.C2H4O2.HI/c1-10(2,3)8-5-4-6-9(11)7-8;1-2(3)4;/h4-7H,1-3H3;1H3,(H,3,4);1H. The first-order valence-electron chi connectivity index (χ1n) is 4.52. The van der Waals surface area contributed by atoms with E-state index in [-0.39, 0.29) is 24.0 Å². The lowest BCUT2D eigenvalue weighted by molar-refractivity contribution is -0.302. The van der Waals surface area contributed by atoms with Gasteiger partial charge in [0.2, 0.25) is 0 Å². The number of carbonyl (C=O) groups excluding carboxylic acids is 1. The van der Waals surface area contributed by atoms with Gasteiger partial charge in [0.25, 0.3) is 0 Å². The van der Waals surface area contributed by atoms with Crippen LogP contribution in [0.1, 0.15) is 6.92 Å².